The van der Waals surface area contributed by atoms with E-state index in [1.165, 1.54) is 12.4 Å². The van der Waals surface area contributed by atoms with E-state index in [0.29, 0.717) is 11.2 Å². The minimum Gasteiger partial charge on any atom is -0.356 e. The van der Waals surface area contributed by atoms with Crippen LogP contribution in [0, 0.1) is 24.5 Å². The summed E-state index contributed by atoms with van der Waals surface area (Å²) < 4.78 is 27.5. The van der Waals surface area contributed by atoms with Crippen LogP contribution >= 0.6 is 11.3 Å². The fraction of sp³-hybridized carbons (Fsp3) is 0.333. The Balaban J connectivity index is 1.50. The maximum Gasteiger partial charge on any atom is 0.231 e. The van der Waals surface area contributed by atoms with Gasteiger partial charge in [0.15, 0.2) is 10.9 Å². The number of hydrogen-bond donors (Lipinski definition) is 1. The second kappa shape index (κ2) is 7.15. The molecule has 0 bridgehead atoms. The van der Waals surface area contributed by atoms with Crippen LogP contribution in [-0.4, -0.2) is 33.9 Å². The van der Waals surface area contributed by atoms with Crippen LogP contribution in [-0.2, 0) is 4.79 Å². The molecular formula is C18H17F2N5OS. The highest BCUT2D eigenvalue weighted by atomic mass is 32.1. The number of thiazole rings is 1. The van der Waals surface area contributed by atoms with E-state index < -0.39 is 11.6 Å². The SMILES string of the molecule is Cc1cncnc1N1CCCC(C(=O)Nc2nc3c(F)cc(F)cc3s2)C1. The Morgan fingerprint density at radius 1 is 1.37 bits per heavy atom. The van der Waals surface area contributed by atoms with Crippen molar-refractivity contribution in [1.29, 1.82) is 0 Å². The first kappa shape index (κ1) is 17.7. The Morgan fingerprint density at radius 2 is 2.22 bits per heavy atom. The lowest BCUT2D eigenvalue weighted by Crippen LogP contribution is -2.41. The lowest BCUT2D eigenvalue weighted by molar-refractivity contribution is -0.120. The third kappa shape index (κ3) is 3.59. The molecule has 4 rings (SSSR count). The third-order valence-corrected chi connectivity index (χ3v) is 5.52. The summed E-state index contributed by atoms with van der Waals surface area (Å²) in [7, 11) is 0. The number of benzene rings is 1. The van der Waals surface area contributed by atoms with Crippen molar-refractivity contribution in [2.75, 3.05) is 23.3 Å². The highest BCUT2D eigenvalue weighted by Gasteiger charge is 2.28. The molecule has 1 aliphatic rings. The van der Waals surface area contributed by atoms with Crippen molar-refractivity contribution in [3.05, 3.63) is 41.9 Å². The second-order valence-electron chi connectivity index (χ2n) is 6.56. The molecule has 1 amide bonds. The molecule has 9 heteroatoms. The normalized spacial score (nSPS) is 17.3. The fourth-order valence-corrected chi connectivity index (χ4v) is 4.23. The van der Waals surface area contributed by atoms with Gasteiger partial charge in [0.25, 0.3) is 0 Å². The number of rotatable bonds is 3. The number of hydrogen-bond acceptors (Lipinski definition) is 6. The lowest BCUT2D eigenvalue weighted by Gasteiger charge is -2.33. The molecule has 0 radical (unpaired) electrons. The topological polar surface area (TPSA) is 71.0 Å². The minimum atomic E-state index is -0.732. The quantitative estimate of drug-likeness (QED) is 0.742. The van der Waals surface area contributed by atoms with E-state index in [1.54, 1.807) is 6.20 Å². The minimum absolute atomic E-state index is 0.0681. The first-order chi connectivity index (χ1) is 13.0. The van der Waals surface area contributed by atoms with Crippen molar-refractivity contribution < 1.29 is 13.6 Å². The predicted octanol–water partition coefficient (Wildman–Crippen LogP) is 3.53. The molecule has 0 saturated carbocycles. The molecule has 3 aromatic rings. The van der Waals surface area contributed by atoms with Gasteiger partial charge in [-0.15, -0.1) is 0 Å². The first-order valence-electron chi connectivity index (χ1n) is 8.59. The molecule has 1 N–H and O–H groups in total. The van der Waals surface area contributed by atoms with Gasteiger partial charge < -0.3 is 10.2 Å². The number of fused-ring (bicyclic) bond motifs is 1. The summed E-state index contributed by atoms with van der Waals surface area (Å²) in [5.41, 5.74) is 1.03. The maximum absolute atomic E-state index is 13.8. The molecule has 140 valence electrons. The number of aryl methyl sites for hydroxylation is 1. The van der Waals surface area contributed by atoms with Crippen molar-refractivity contribution >= 4 is 38.4 Å². The number of nitrogens with one attached hydrogen (secondary N) is 1. The largest absolute Gasteiger partial charge is 0.356 e. The van der Waals surface area contributed by atoms with Gasteiger partial charge in [0.2, 0.25) is 5.91 Å². The van der Waals surface area contributed by atoms with Gasteiger partial charge in [0.1, 0.15) is 23.5 Å². The zero-order valence-electron chi connectivity index (χ0n) is 14.6. The van der Waals surface area contributed by atoms with E-state index in [9.17, 15) is 13.6 Å². The number of anilines is 2. The molecule has 0 aliphatic carbocycles. The van der Waals surface area contributed by atoms with Gasteiger partial charge in [0.05, 0.1) is 10.6 Å². The zero-order chi connectivity index (χ0) is 19.0. The van der Waals surface area contributed by atoms with Crippen LogP contribution < -0.4 is 10.2 Å². The van der Waals surface area contributed by atoms with E-state index in [1.807, 2.05) is 6.92 Å². The van der Waals surface area contributed by atoms with E-state index >= 15 is 0 Å². The van der Waals surface area contributed by atoms with E-state index in [0.717, 1.165) is 48.2 Å². The zero-order valence-corrected chi connectivity index (χ0v) is 15.4. The summed E-state index contributed by atoms with van der Waals surface area (Å²) in [5.74, 6) is -0.970. The number of carbonyl (C=O) groups is 1. The standard InChI is InChI=1S/C18H17F2N5OS/c1-10-7-21-9-22-16(10)25-4-2-3-11(8-25)17(26)24-18-23-15-13(20)5-12(19)6-14(15)27-18/h5-7,9,11H,2-4,8H2,1H3,(H,23,24,26). The molecular weight excluding hydrogens is 372 g/mol. The Labute approximate surface area is 158 Å². The molecule has 3 heterocycles. The highest BCUT2D eigenvalue weighted by Crippen LogP contribution is 2.30. The van der Waals surface area contributed by atoms with Crippen LogP contribution in [0.5, 0.6) is 0 Å². The molecule has 1 aromatic carbocycles. The Kier molecular flexibility index (Phi) is 4.69. The number of halogens is 2. The second-order valence-corrected chi connectivity index (χ2v) is 7.59. The van der Waals surface area contributed by atoms with E-state index in [-0.39, 0.29) is 22.5 Å². The van der Waals surface area contributed by atoms with Gasteiger partial charge in [-0.25, -0.2) is 23.7 Å². The molecule has 1 saturated heterocycles. The van der Waals surface area contributed by atoms with Gasteiger partial charge in [0, 0.05) is 30.9 Å². The highest BCUT2D eigenvalue weighted by molar-refractivity contribution is 7.22. The van der Waals surface area contributed by atoms with Gasteiger partial charge in [-0.3, -0.25) is 4.79 Å². The smallest absolute Gasteiger partial charge is 0.231 e. The summed E-state index contributed by atoms with van der Waals surface area (Å²) in [6.45, 7) is 3.30. The monoisotopic (exact) mass is 389 g/mol. The van der Waals surface area contributed by atoms with Crippen molar-refractivity contribution in [2.45, 2.75) is 19.8 Å². The van der Waals surface area contributed by atoms with E-state index in [2.05, 4.69) is 25.2 Å². The number of aromatic nitrogens is 3. The average molecular weight is 389 g/mol. The Morgan fingerprint density at radius 3 is 3.04 bits per heavy atom. The summed E-state index contributed by atoms with van der Waals surface area (Å²) in [6.07, 6.45) is 4.86. The number of amides is 1. The van der Waals surface area contributed by atoms with Crippen LogP contribution in [0.15, 0.2) is 24.7 Å². The summed E-state index contributed by atoms with van der Waals surface area (Å²) in [6, 6.07) is 2.00. The van der Waals surface area contributed by atoms with Crippen LogP contribution in [0.1, 0.15) is 18.4 Å². The molecule has 27 heavy (non-hydrogen) atoms. The summed E-state index contributed by atoms with van der Waals surface area (Å²) >= 11 is 1.06. The molecule has 1 unspecified atom stereocenters. The Bertz CT molecular complexity index is 1010. The first-order valence-corrected chi connectivity index (χ1v) is 9.41. The van der Waals surface area contributed by atoms with Crippen molar-refractivity contribution in [2.24, 2.45) is 5.92 Å². The molecule has 6 nitrogen and oxygen atoms in total. The fourth-order valence-electron chi connectivity index (χ4n) is 3.33. The van der Waals surface area contributed by atoms with E-state index in [4.69, 9.17) is 0 Å². The van der Waals surface area contributed by atoms with Crippen molar-refractivity contribution in [3.8, 4) is 0 Å². The van der Waals surface area contributed by atoms with Crippen LogP contribution in [0.3, 0.4) is 0 Å². The third-order valence-electron chi connectivity index (χ3n) is 4.60. The van der Waals surface area contributed by atoms with Gasteiger partial charge in [-0.2, -0.15) is 0 Å². The molecule has 2 aromatic heterocycles. The summed E-state index contributed by atoms with van der Waals surface area (Å²) in [5, 5.41) is 3.03. The number of nitrogens with zero attached hydrogens (tertiary/aromatic N) is 4. The summed E-state index contributed by atoms with van der Waals surface area (Å²) in [4.78, 5) is 27.2. The maximum atomic E-state index is 13.8. The predicted molar refractivity (Wildman–Crippen MR) is 99.9 cm³/mol. The van der Waals surface area contributed by atoms with Crippen LogP contribution in [0.25, 0.3) is 10.2 Å². The van der Waals surface area contributed by atoms with Crippen molar-refractivity contribution in [3.63, 3.8) is 0 Å². The Hall–Kier alpha value is -2.68. The van der Waals surface area contributed by atoms with Crippen LogP contribution in [0.2, 0.25) is 0 Å². The number of carbonyl (C=O) groups excluding carboxylic acids is 1. The van der Waals surface area contributed by atoms with Gasteiger partial charge in [-0.05, 0) is 25.8 Å². The van der Waals surface area contributed by atoms with Crippen molar-refractivity contribution in [1.82, 2.24) is 15.0 Å². The van der Waals surface area contributed by atoms with Crippen LogP contribution in [0.4, 0.5) is 19.7 Å². The molecule has 1 fully saturated rings. The lowest BCUT2D eigenvalue weighted by atomic mass is 9.97. The molecule has 0 spiro atoms. The van der Waals surface area contributed by atoms with Gasteiger partial charge in [-0.1, -0.05) is 11.3 Å². The average Bonchev–Trinajstić information content (AvgIpc) is 3.05. The number of piperidine rings is 1. The molecule has 1 atom stereocenters. The molecule has 1 aliphatic heterocycles. The van der Waals surface area contributed by atoms with Gasteiger partial charge >= 0.3 is 0 Å².